The fourth-order valence-corrected chi connectivity index (χ4v) is 3.02. The zero-order chi connectivity index (χ0) is 17.4. The monoisotopic (exact) mass is 342 g/mol. The quantitative estimate of drug-likeness (QED) is 0.758. The molecular formula is C17H15FN4O3. The Hall–Kier alpha value is -3.00. The summed E-state index contributed by atoms with van der Waals surface area (Å²) >= 11 is 0. The van der Waals surface area contributed by atoms with Crippen LogP contribution in [0.25, 0.3) is 11.3 Å². The molecule has 1 fully saturated rings. The molecular weight excluding hydrogens is 327 g/mol. The minimum absolute atomic E-state index is 0.0914. The number of aliphatic hydroxyl groups is 1. The number of aromatic amines is 1. The van der Waals surface area contributed by atoms with Crippen LogP contribution in [0.15, 0.2) is 47.0 Å². The Morgan fingerprint density at radius 3 is 2.92 bits per heavy atom. The smallest absolute Gasteiger partial charge is 0.289 e. The van der Waals surface area contributed by atoms with Gasteiger partial charge in [-0.15, -0.1) is 0 Å². The van der Waals surface area contributed by atoms with Crippen LogP contribution in [0, 0.1) is 5.82 Å². The predicted octanol–water partition coefficient (Wildman–Crippen LogP) is 1.94. The average Bonchev–Trinajstić information content (AvgIpc) is 3.35. The number of H-pyrrole nitrogens is 1. The normalized spacial score (nSPS) is 20.2. The van der Waals surface area contributed by atoms with Gasteiger partial charge in [-0.2, -0.15) is 15.4 Å². The van der Waals surface area contributed by atoms with Gasteiger partial charge in [0, 0.05) is 13.0 Å². The summed E-state index contributed by atoms with van der Waals surface area (Å²) in [5.74, 6) is -0.394. The summed E-state index contributed by atoms with van der Waals surface area (Å²) in [6, 6.07) is 9.27. The lowest BCUT2D eigenvalue weighted by Crippen LogP contribution is -2.34. The van der Waals surface area contributed by atoms with Crippen LogP contribution in [0.5, 0.6) is 0 Å². The molecule has 1 amide bonds. The molecule has 4 rings (SSSR count). The van der Waals surface area contributed by atoms with Gasteiger partial charge in [-0.25, -0.2) is 4.39 Å². The lowest BCUT2D eigenvalue weighted by Gasteiger charge is -2.20. The van der Waals surface area contributed by atoms with Crippen LogP contribution in [-0.4, -0.2) is 44.4 Å². The molecule has 1 aliphatic heterocycles. The maximum atomic E-state index is 13.8. The predicted molar refractivity (Wildman–Crippen MR) is 84.9 cm³/mol. The molecule has 0 bridgehead atoms. The van der Waals surface area contributed by atoms with E-state index in [1.54, 1.807) is 24.3 Å². The van der Waals surface area contributed by atoms with Crippen LogP contribution < -0.4 is 0 Å². The number of nitrogens with zero attached hydrogens (tertiary/aromatic N) is 3. The number of hydrogen-bond acceptors (Lipinski definition) is 5. The van der Waals surface area contributed by atoms with Crippen molar-refractivity contribution in [3.8, 4) is 11.3 Å². The number of aromatic nitrogens is 3. The first-order chi connectivity index (χ1) is 12.1. The molecule has 0 saturated carbocycles. The number of amides is 1. The standard InChI is InChI=1S/C17H15FN4O3/c18-12-4-2-1-3-11(12)13-5-6-14(25-13)16(23)22-8-7-17(24,10-22)15-9-19-21-20-15/h1-6,9,24H,7-8,10H2,(H,19,20,21). The second kappa shape index (κ2) is 5.82. The van der Waals surface area contributed by atoms with Crippen molar-refractivity contribution in [1.29, 1.82) is 0 Å². The molecule has 25 heavy (non-hydrogen) atoms. The van der Waals surface area contributed by atoms with E-state index in [-0.39, 0.29) is 24.0 Å². The number of carbonyl (C=O) groups is 1. The zero-order valence-electron chi connectivity index (χ0n) is 13.1. The van der Waals surface area contributed by atoms with E-state index in [1.807, 2.05) is 0 Å². The van der Waals surface area contributed by atoms with Crippen LogP contribution in [0.3, 0.4) is 0 Å². The van der Waals surface area contributed by atoms with Gasteiger partial charge in [0.05, 0.1) is 18.3 Å². The third-order valence-corrected chi connectivity index (χ3v) is 4.38. The summed E-state index contributed by atoms with van der Waals surface area (Å²) in [5, 5.41) is 20.7. The van der Waals surface area contributed by atoms with Crippen LogP contribution in [-0.2, 0) is 5.60 Å². The molecule has 1 unspecified atom stereocenters. The van der Waals surface area contributed by atoms with Gasteiger partial charge in [0.2, 0.25) is 0 Å². The van der Waals surface area contributed by atoms with Gasteiger partial charge in [0.15, 0.2) is 5.76 Å². The van der Waals surface area contributed by atoms with E-state index in [9.17, 15) is 14.3 Å². The van der Waals surface area contributed by atoms with Crippen molar-refractivity contribution in [2.24, 2.45) is 0 Å². The fourth-order valence-electron chi connectivity index (χ4n) is 3.02. The summed E-state index contributed by atoms with van der Waals surface area (Å²) in [7, 11) is 0. The molecule has 2 aromatic heterocycles. The van der Waals surface area contributed by atoms with Gasteiger partial charge in [-0.3, -0.25) is 4.79 Å². The number of benzene rings is 1. The van der Waals surface area contributed by atoms with E-state index < -0.39 is 11.4 Å². The number of carbonyl (C=O) groups excluding carboxylic acids is 1. The van der Waals surface area contributed by atoms with Crippen molar-refractivity contribution >= 4 is 5.91 Å². The van der Waals surface area contributed by atoms with Crippen LogP contribution in [0.1, 0.15) is 22.7 Å². The minimum Gasteiger partial charge on any atom is -0.451 e. The summed E-state index contributed by atoms with van der Waals surface area (Å²) < 4.78 is 19.4. The van der Waals surface area contributed by atoms with Crippen molar-refractivity contribution in [3.05, 3.63) is 59.9 Å². The summed E-state index contributed by atoms with van der Waals surface area (Å²) in [6.45, 7) is 0.450. The minimum atomic E-state index is -1.23. The summed E-state index contributed by atoms with van der Waals surface area (Å²) in [5.41, 5.74) is -0.541. The Labute approximate surface area is 142 Å². The molecule has 2 N–H and O–H groups in total. The molecule has 0 spiro atoms. The van der Waals surface area contributed by atoms with Crippen LogP contribution >= 0.6 is 0 Å². The van der Waals surface area contributed by atoms with E-state index in [2.05, 4.69) is 15.4 Å². The van der Waals surface area contributed by atoms with Crippen LogP contribution in [0.2, 0.25) is 0 Å². The van der Waals surface area contributed by atoms with E-state index >= 15 is 0 Å². The third-order valence-electron chi connectivity index (χ3n) is 4.38. The van der Waals surface area contributed by atoms with E-state index in [4.69, 9.17) is 4.42 Å². The molecule has 8 heteroatoms. The number of hydrogen-bond donors (Lipinski definition) is 2. The van der Waals surface area contributed by atoms with Crippen molar-refractivity contribution in [1.82, 2.24) is 20.3 Å². The zero-order valence-corrected chi connectivity index (χ0v) is 13.1. The average molecular weight is 342 g/mol. The number of β-amino-alcohol motifs (C(OH)–C–C–N with tert-alkyl or cyclic N) is 1. The number of nitrogens with one attached hydrogen (secondary N) is 1. The van der Waals surface area contributed by atoms with Crippen LogP contribution in [0.4, 0.5) is 4.39 Å². The highest BCUT2D eigenvalue weighted by atomic mass is 19.1. The second-order valence-electron chi connectivity index (χ2n) is 6.01. The Kier molecular flexibility index (Phi) is 3.61. The highest BCUT2D eigenvalue weighted by Crippen LogP contribution is 2.32. The molecule has 1 aliphatic rings. The number of furan rings is 1. The number of likely N-dealkylation sites (tertiary alicyclic amines) is 1. The fraction of sp³-hybridized carbons (Fsp3) is 0.235. The number of halogens is 1. The highest BCUT2D eigenvalue weighted by molar-refractivity contribution is 5.92. The second-order valence-corrected chi connectivity index (χ2v) is 6.01. The first-order valence-corrected chi connectivity index (χ1v) is 7.79. The van der Waals surface area contributed by atoms with Gasteiger partial charge >= 0.3 is 0 Å². The van der Waals surface area contributed by atoms with E-state index in [1.165, 1.54) is 23.2 Å². The van der Waals surface area contributed by atoms with Gasteiger partial charge in [-0.1, -0.05) is 12.1 Å². The largest absolute Gasteiger partial charge is 0.451 e. The van der Waals surface area contributed by atoms with E-state index in [0.717, 1.165) is 0 Å². The first-order valence-electron chi connectivity index (χ1n) is 7.79. The van der Waals surface area contributed by atoms with Crippen molar-refractivity contribution in [3.63, 3.8) is 0 Å². The molecule has 128 valence electrons. The first kappa shape index (κ1) is 15.5. The molecule has 3 aromatic rings. The molecule has 0 radical (unpaired) electrons. The Morgan fingerprint density at radius 2 is 2.16 bits per heavy atom. The topological polar surface area (TPSA) is 95.3 Å². The molecule has 3 heterocycles. The maximum absolute atomic E-state index is 13.8. The summed E-state index contributed by atoms with van der Waals surface area (Å²) in [4.78, 5) is 14.1. The van der Waals surface area contributed by atoms with Crippen molar-refractivity contribution < 1.29 is 18.7 Å². The summed E-state index contributed by atoms with van der Waals surface area (Å²) in [6.07, 6.45) is 1.79. The molecule has 1 atom stereocenters. The molecule has 0 aliphatic carbocycles. The number of rotatable bonds is 3. The highest BCUT2D eigenvalue weighted by Gasteiger charge is 2.42. The van der Waals surface area contributed by atoms with Crippen molar-refractivity contribution in [2.75, 3.05) is 13.1 Å². The maximum Gasteiger partial charge on any atom is 0.289 e. The van der Waals surface area contributed by atoms with E-state index in [0.29, 0.717) is 24.2 Å². The SMILES string of the molecule is O=C(c1ccc(-c2ccccc2F)o1)N1CCC(O)(c2cn[nH]n2)C1. The van der Waals surface area contributed by atoms with Gasteiger partial charge in [-0.05, 0) is 24.3 Å². The lowest BCUT2D eigenvalue weighted by atomic mass is 10.0. The van der Waals surface area contributed by atoms with Gasteiger partial charge < -0.3 is 14.4 Å². The van der Waals surface area contributed by atoms with Gasteiger partial charge in [0.1, 0.15) is 22.9 Å². The van der Waals surface area contributed by atoms with Crippen molar-refractivity contribution in [2.45, 2.75) is 12.0 Å². The third kappa shape index (κ3) is 2.70. The Morgan fingerprint density at radius 1 is 1.32 bits per heavy atom. The lowest BCUT2D eigenvalue weighted by molar-refractivity contribution is 0.0373. The van der Waals surface area contributed by atoms with Gasteiger partial charge in [0.25, 0.3) is 5.91 Å². The Bertz CT molecular complexity index is 908. The molecule has 1 aromatic carbocycles. The molecule has 7 nitrogen and oxygen atoms in total. The molecule has 1 saturated heterocycles. The Balaban J connectivity index is 1.54.